The summed E-state index contributed by atoms with van der Waals surface area (Å²) in [5, 5.41) is 18.3. The summed E-state index contributed by atoms with van der Waals surface area (Å²) >= 11 is 1.19. The number of rotatable bonds is 4. The van der Waals surface area contributed by atoms with Crippen molar-refractivity contribution in [3.05, 3.63) is 48.0 Å². The van der Waals surface area contributed by atoms with Gasteiger partial charge in [0.15, 0.2) is 16.6 Å². The fourth-order valence-corrected chi connectivity index (χ4v) is 3.59. The zero-order valence-electron chi connectivity index (χ0n) is 15.2. The van der Waals surface area contributed by atoms with Crippen molar-refractivity contribution in [2.24, 2.45) is 0 Å². The first-order valence-electron chi connectivity index (χ1n) is 8.72. The maximum atomic E-state index is 9.09. The summed E-state index contributed by atoms with van der Waals surface area (Å²) in [6.07, 6.45) is 4.24. The summed E-state index contributed by atoms with van der Waals surface area (Å²) in [6, 6.07) is 7.56. The maximum absolute atomic E-state index is 9.09. The van der Waals surface area contributed by atoms with Gasteiger partial charge in [-0.1, -0.05) is 11.8 Å². The third-order valence-electron chi connectivity index (χ3n) is 4.52. The van der Waals surface area contributed by atoms with E-state index in [2.05, 4.69) is 41.3 Å². The topological polar surface area (TPSA) is 97.2 Å². The maximum Gasteiger partial charge on any atom is 0.168 e. The van der Waals surface area contributed by atoms with Crippen molar-refractivity contribution in [3.8, 4) is 22.5 Å². The lowest BCUT2D eigenvalue weighted by Gasteiger charge is -2.22. The Bertz CT molecular complexity index is 999. The Kier molecular flexibility index (Phi) is 5.25. The number of aromatic nitrogens is 5. The molecule has 8 nitrogen and oxygen atoms in total. The molecule has 0 spiro atoms. The molecule has 1 aliphatic heterocycles. The number of anilines is 1. The fraction of sp³-hybridized carbons (Fsp3) is 0.316. The van der Waals surface area contributed by atoms with Gasteiger partial charge in [0, 0.05) is 38.0 Å². The third-order valence-corrected chi connectivity index (χ3v) is 5.30. The lowest BCUT2D eigenvalue weighted by molar-refractivity contribution is 0.0602. The van der Waals surface area contributed by atoms with Crippen molar-refractivity contribution < 1.29 is 9.84 Å². The summed E-state index contributed by atoms with van der Waals surface area (Å²) in [5.41, 5.74) is 0.946. The van der Waals surface area contributed by atoms with E-state index < -0.39 is 5.60 Å². The number of nitrogens with zero attached hydrogens (tertiary/aromatic N) is 6. The van der Waals surface area contributed by atoms with Crippen molar-refractivity contribution in [3.63, 3.8) is 0 Å². The molecular weight excluding hydrogens is 376 g/mol. The van der Waals surface area contributed by atoms with Gasteiger partial charge < -0.3 is 14.7 Å². The molecule has 9 heteroatoms. The van der Waals surface area contributed by atoms with Gasteiger partial charge in [-0.3, -0.25) is 4.98 Å². The first-order chi connectivity index (χ1) is 13.7. The van der Waals surface area contributed by atoms with Crippen LogP contribution in [0.15, 0.2) is 36.7 Å². The summed E-state index contributed by atoms with van der Waals surface area (Å²) in [7, 11) is 1.68. The number of hydrogen-bond acceptors (Lipinski definition) is 9. The summed E-state index contributed by atoms with van der Waals surface area (Å²) < 4.78 is 9.81. The van der Waals surface area contributed by atoms with E-state index in [1.54, 1.807) is 19.5 Å². The molecule has 0 aliphatic carbocycles. The van der Waals surface area contributed by atoms with E-state index >= 15 is 0 Å². The number of pyridine rings is 1. The quantitative estimate of drug-likeness (QED) is 0.666. The van der Waals surface area contributed by atoms with Crippen molar-refractivity contribution in [1.82, 2.24) is 24.5 Å². The molecule has 28 heavy (non-hydrogen) atoms. The van der Waals surface area contributed by atoms with Gasteiger partial charge in [0.05, 0.1) is 6.54 Å². The van der Waals surface area contributed by atoms with E-state index in [0.29, 0.717) is 23.1 Å². The highest BCUT2D eigenvalue weighted by Crippen LogP contribution is 2.28. The molecule has 0 amide bonds. The van der Waals surface area contributed by atoms with Gasteiger partial charge >= 0.3 is 0 Å². The van der Waals surface area contributed by atoms with Crippen molar-refractivity contribution >= 4 is 17.4 Å². The molecule has 1 saturated heterocycles. The van der Waals surface area contributed by atoms with Crippen LogP contribution in [0.3, 0.4) is 0 Å². The monoisotopic (exact) mass is 394 g/mol. The molecule has 1 fully saturated rings. The Morgan fingerprint density at radius 3 is 2.93 bits per heavy atom. The van der Waals surface area contributed by atoms with Gasteiger partial charge in [0.25, 0.3) is 0 Å². The first-order valence-corrected chi connectivity index (χ1v) is 9.49. The molecule has 142 valence electrons. The Balaban J connectivity index is 1.49. The normalized spacial score (nSPS) is 18.7. The number of methoxy groups -OCH3 is 1. The zero-order chi connectivity index (χ0) is 19.4. The highest BCUT2D eigenvalue weighted by atomic mass is 32.1. The number of hydrogen-bond donors (Lipinski definition) is 1. The zero-order valence-corrected chi connectivity index (χ0v) is 16.1. The van der Waals surface area contributed by atoms with Crippen LogP contribution < -0.4 is 4.90 Å². The van der Waals surface area contributed by atoms with Crippen LogP contribution in [0.4, 0.5) is 5.82 Å². The molecule has 0 bridgehead atoms. The van der Waals surface area contributed by atoms with Gasteiger partial charge in [-0.2, -0.15) is 4.37 Å². The van der Waals surface area contributed by atoms with Gasteiger partial charge in [-0.25, -0.2) is 4.98 Å². The molecule has 1 unspecified atom stereocenters. The van der Waals surface area contributed by atoms with Crippen LogP contribution in [0.5, 0.6) is 0 Å². The molecule has 1 atom stereocenters. The summed E-state index contributed by atoms with van der Waals surface area (Å²) in [4.78, 5) is 10.4. The van der Waals surface area contributed by atoms with Gasteiger partial charge in [0.2, 0.25) is 0 Å². The SMILES string of the molecule is COC1(C#Cc2cccnc2)CCN(c2ccc(-c3nc(CO)ns3)nn2)C1. The van der Waals surface area contributed by atoms with Crippen LogP contribution in [-0.2, 0) is 11.3 Å². The molecule has 0 radical (unpaired) electrons. The number of aliphatic hydroxyl groups is 1. The van der Waals surface area contributed by atoms with E-state index in [0.717, 1.165) is 24.3 Å². The smallest absolute Gasteiger partial charge is 0.168 e. The Morgan fingerprint density at radius 2 is 2.25 bits per heavy atom. The second kappa shape index (κ2) is 7.98. The van der Waals surface area contributed by atoms with E-state index in [4.69, 9.17) is 9.84 Å². The van der Waals surface area contributed by atoms with E-state index in [1.165, 1.54) is 11.5 Å². The van der Waals surface area contributed by atoms with Crippen LogP contribution in [0, 0.1) is 11.8 Å². The minimum absolute atomic E-state index is 0.186. The first kappa shape index (κ1) is 18.4. The molecule has 3 aromatic rings. The molecule has 3 aromatic heterocycles. The summed E-state index contributed by atoms with van der Waals surface area (Å²) in [5.74, 6) is 7.57. The van der Waals surface area contributed by atoms with Crippen molar-refractivity contribution in [1.29, 1.82) is 0 Å². The van der Waals surface area contributed by atoms with E-state index in [1.807, 2.05) is 24.3 Å². The standard InChI is InChI=1S/C19H18N6O2S/c1-27-19(7-6-14-3-2-9-20-11-14)8-10-25(13-19)17-5-4-15(22-23-17)18-21-16(12-26)24-28-18/h2-5,9,11,26H,8,10,12-13H2,1H3. The Hall–Kier alpha value is -2.93. The lowest BCUT2D eigenvalue weighted by atomic mass is 10.0. The minimum Gasteiger partial charge on any atom is -0.388 e. The largest absolute Gasteiger partial charge is 0.388 e. The van der Waals surface area contributed by atoms with Crippen LogP contribution in [-0.4, -0.2) is 55.4 Å². The highest BCUT2D eigenvalue weighted by Gasteiger charge is 2.37. The van der Waals surface area contributed by atoms with Crippen LogP contribution in [0.2, 0.25) is 0 Å². The number of aliphatic hydroxyl groups excluding tert-OH is 1. The van der Waals surface area contributed by atoms with Crippen LogP contribution in [0.1, 0.15) is 17.8 Å². The highest BCUT2D eigenvalue weighted by molar-refractivity contribution is 7.09. The van der Waals surface area contributed by atoms with Gasteiger partial charge in [-0.05, 0) is 35.8 Å². The average molecular weight is 394 g/mol. The van der Waals surface area contributed by atoms with Crippen molar-refractivity contribution in [2.45, 2.75) is 18.6 Å². The number of ether oxygens (including phenoxy) is 1. The van der Waals surface area contributed by atoms with Crippen LogP contribution in [0.25, 0.3) is 10.7 Å². The van der Waals surface area contributed by atoms with Crippen molar-refractivity contribution in [2.75, 3.05) is 25.1 Å². The second-order valence-corrected chi connectivity index (χ2v) is 7.06. The van der Waals surface area contributed by atoms with Crippen LogP contribution >= 0.6 is 11.5 Å². The predicted molar refractivity (Wildman–Crippen MR) is 105 cm³/mol. The van der Waals surface area contributed by atoms with Gasteiger partial charge in [0.1, 0.15) is 17.9 Å². The summed E-state index contributed by atoms with van der Waals surface area (Å²) in [6.45, 7) is 1.20. The lowest BCUT2D eigenvalue weighted by Crippen LogP contribution is -2.34. The minimum atomic E-state index is -0.550. The molecule has 1 aliphatic rings. The predicted octanol–water partition coefficient (Wildman–Crippen LogP) is 1.53. The molecule has 4 heterocycles. The molecule has 0 aromatic carbocycles. The average Bonchev–Trinajstić information content (AvgIpc) is 3.41. The van der Waals surface area contributed by atoms with E-state index in [-0.39, 0.29) is 6.61 Å². The third kappa shape index (κ3) is 3.84. The molecule has 1 N–H and O–H groups in total. The molecule has 0 saturated carbocycles. The Labute approximate surface area is 166 Å². The molecular formula is C19H18N6O2S. The second-order valence-electron chi connectivity index (χ2n) is 6.31. The fourth-order valence-electron chi connectivity index (χ4n) is 2.95. The van der Waals surface area contributed by atoms with Gasteiger partial charge in [-0.15, -0.1) is 10.2 Å². The Morgan fingerprint density at radius 1 is 1.32 bits per heavy atom. The van der Waals surface area contributed by atoms with E-state index in [9.17, 15) is 0 Å². The molecule has 4 rings (SSSR count).